The minimum atomic E-state index is -0.234. The first-order valence-corrected chi connectivity index (χ1v) is 7.55. The van der Waals surface area contributed by atoms with E-state index in [-0.39, 0.29) is 17.4 Å². The number of hydrogen-bond acceptors (Lipinski definition) is 4. The summed E-state index contributed by atoms with van der Waals surface area (Å²) in [6.45, 7) is 5.45. The van der Waals surface area contributed by atoms with E-state index in [1.165, 1.54) is 6.42 Å². The van der Waals surface area contributed by atoms with Gasteiger partial charge in [-0.2, -0.15) is 0 Å². The minimum Gasteiger partial charge on any atom is -0.385 e. The number of nitrogens with one attached hydrogen (secondary N) is 2. The van der Waals surface area contributed by atoms with Gasteiger partial charge in [-0.3, -0.25) is 5.32 Å². The van der Waals surface area contributed by atoms with Crippen LogP contribution in [0.15, 0.2) is 10.6 Å². The van der Waals surface area contributed by atoms with Crippen molar-refractivity contribution >= 4 is 11.8 Å². The van der Waals surface area contributed by atoms with Gasteiger partial charge in [-0.15, -0.1) is 0 Å². The molecule has 1 aliphatic carbocycles. The van der Waals surface area contributed by atoms with Crippen molar-refractivity contribution in [3.8, 4) is 0 Å². The summed E-state index contributed by atoms with van der Waals surface area (Å²) in [7, 11) is 1.71. The van der Waals surface area contributed by atoms with E-state index < -0.39 is 0 Å². The maximum atomic E-state index is 11.9. The molecule has 6 heteroatoms. The van der Waals surface area contributed by atoms with Crippen LogP contribution in [0.1, 0.15) is 51.2 Å². The summed E-state index contributed by atoms with van der Waals surface area (Å²) in [5.74, 6) is 1.47. The van der Waals surface area contributed by atoms with Crippen LogP contribution >= 0.6 is 0 Å². The third kappa shape index (κ3) is 4.20. The summed E-state index contributed by atoms with van der Waals surface area (Å²) in [6, 6.07) is 1.52. The van der Waals surface area contributed by atoms with E-state index in [1.807, 2.05) is 13.8 Å². The Morgan fingerprint density at radius 2 is 2.29 bits per heavy atom. The lowest BCUT2D eigenvalue weighted by Gasteiger charge is -2.42. The highest BCUT2D eigenvalue weighted by Crippen LogP contribution is 2.43. The van der Waals surface area contributed by atoms with Crippen molar-refractivity contribution in [2.75, 3.05) is 25.6 Å². The second-order valence-corrected chi connectivity index (χ2v) is 6.17. The van der Waals surface area contributed by atoms with Crippen LogP contribution in [0.2, 0.25) is 0 Å². The molecule has 1 saturated carbocycles. The second kappa shape index (κ2) is 6.93. The standard InChI is InChI=1S/C15H25N3O3/c1-11(2)12-9-13(18-21-12)17-14(19)16-10-15(5-4-6-15)7-8-20-3/h9,11H,4-8,10H2,1-3H3,(H2,16,17,18,19). The lowest BCUT2D eigenvalue weighted by molar-refractivity contribution is 0.0717. The Morgan fingerprint density at radius 3 is 2.81 bits per heavy atom. The van der Waals surface area contributed by atoms with Gasteiger partial charge >= 0.3 is 6.03 Å². The van der Waals surface area contributed by atoms with Crippen molar-refractivity contribution in [3.63, 3.8) is 0 Å². The molecule has 0 radical (unpaired) electrons. The molecule has 1 aliphatic rings. The van der Waals surface area contributed by atoms with Gasteiger partial charge in [0, 0.05) is 32.2 Å². The number of nitrogens with zero attached hydrogens (tertiary/aromatic N) is 1. The zero-order valence-corrected chi connectivity index (χ0v) is 13.1. The van der Waals surface area contributed by atoms with E-state index in [4.69, 9.17) is 9.26 Å². The molecule has 1 heterocycles. The normalized spacial score (nSPS) is 16.6. The molecule has 0 aliphatic heterocycles. The van der Waals surface area contributed by atoms with Gasteiger partial charge in [0.2, 0.25) is 0 Å². The lowest BCUT2D eigenvalue weighted by Crippen LogP contribution is -2.44. The molecule has 21 heavy (non-hydrogen) atoms. The van der Waals surface area contributed by atoms with Gasteiger partial charge in [0.05, 0.1) is 0 Å². The molecule has 0 aromatic carbocycles. The fraction of sp³-hybridized carbons (Fsp3) is 0.733. The number of urea groups is 1. The molecule has 6 nitrogen and oxygen atoms in total. The van der Waals surface area contributed by atoms with Gasteiger partial charge in [0.1, 0.15) is 5.76 Å². The van der Waals surface area contributed by atoms with Gasteiger partial charge in [0.25, 0.3) is 0 Å². The van der Waals surface area contributed by atoms with E-state index in [0.29, 0.717) is 12.4 Å². The highest BCUT2D eigenvalue weighted by molar-refractivity contribution is 5.88. The average molecular weight is 295 g/mol. The molecule has 0 atom stereocenters. The van der Waals surface area contributed by atoms with Gasteiger partial charge in [-0.25, -0.2) is 4.79 Å². The summed E-state index contributed by atoms with van der Waals surface area (Å²) in [5.41, 5.74) is 0.209. The van der Waals surface area contributed by atoms with Crippen molar-refractivity contribution in [2.45, 2.75) is 45.4 Å². The van der Waals surface area contributed by atoms with Gasteiger partial charge in [-0.05, 0) is 24.7 Å². The molecule has 0 bridgehead atoms. The van der Waals surface area contributed by atoms with E-state index >= 15 is 0 Å². The first-order valence-electron chi connectivity index (χ1n) is 7.55. The fourth-order valence-corrected chi connectivity index (χ4v) is 2.56. The first-order chi connectivity index (χ1) is 10.0. The number of aromatic nitrogens is 1. The molecule has 1 fully saturated rings. The predicted molar refractivity (Wildman–Crippen MR) is 80.4 cm³/mol. The van der Waals surface area contributed by atoms with Crippen LogP contribution in [0.3, 0.4) is 0 Å². The summed E-state index contributed by atoms with van der Waals surface area (Å²) in [6.07, 6.45) is 4.52. The zero-order chi connectivity index (χ0) is 15.3. The Hall–Kier alpha value is -1.56. The number of carbonyl (C=O) groups excluding carboxylic acids is 1. The molecular weight excluding hydrogens is 270 g/mol. The smallest absolute Gasteiger partial charge is 0.320 e. The Balaban J connectivity index is 1.78. The highest BCUT2D eigenvalue weighted by atomic mass is 16.5. The van der Waals surface area contributed by atoms with Crippen LogP contribution < -0.4 is 10.6 Å². The predicted octanol–water partition coefficient (Wildman–Crippen LogP) is 3.13. The van der Waals surface area contributed by atoms with E-state index in [1.54, 1.807) is 13.2 Å². The topological polar surface area (TPSA) is 76.4 Å². The lowest BCUT2D eigenvalue weighted by atomic mass is 9.67. The number of ether oxygens (including phenoxy) is 1. The molecule has 2 N–H and O–H groups in total. The summed E-state index contributed by atoms with van der Waals surface area (Å²) < 4.78 is 10.3. The number of anilines is 1. The molecule has 1 aromatic rings. The van der Waals surface area contributed by atoms with Crippen molar-refractivity contribution in [1.29, 1.82) is 0 Å². The zero-order valence-electron chi connectivity index (χ0n) is 13.1. The maximum Gasteiger partial charge on any atom is 0.320 e. The quantitative estimate of drug-likeness (QED) is 0.810. The Bertz CT molecular complexity index is 466. The van der Waals surface area contributed by atoms with Crippen molar-refractivity contribution < 1.29 is 14.1 Å². The second-order valence-electron chi connectivity index (χ2n) is 6.17. The molecule has 0 spiro atoms. The monoisotopic (exact) mass is 295 g/mol. The fourth-order valence-electron chi connectivity index (χ4n) is 2.56. The van der Waals surface area contributed by atoms with Crippen LogP contribution in [0.4, 0.5) is 10.6 Å². The van der Waals surface area contributed by atoms with Crippen LogP contribution in [0, 0.1) is 5.41 Å². The number of rotatable bonds is 7. The van der Waals surface area contributed by atoms with Gasteiger partial charge in [0.15, 0.2) is 5.82 Å². The van der Waals surface area contributed by atoms with Crippen molar-refractivity contribution in [1.82, 2.24) is 10.5 Å². The highest BCUT2D eigenvalue weighted by Gasteiger charge is 2.36. The number of methoxy groups -OCH3 is 1. The van der Waals surface area contributed by atoms with Gasteiger partial charge in [-0.1, -0.05) is 25.4 Å². The largest absolute Gasteiger partial charge is 0.385 e. The number of amides is 2. The molecule has 2 rings (SSSR count). The van der Waals surface area contributed by atoms with Crippen molar-refractivity contribution in [3.05, 3.63) is 11.8 Å². The van der Waals surface area contributed by atoms with Crippen LogP contribution in [0.25, 0.3) is 0 Å². The van der Waals surface area contributed by atoms with E-state index in [9.17, 15) is 4.79 Å². The average Bonchev–Trinajstić information content (AvgIpc) is 2.86. The van der Waals surface area contributed by atoms with Crippen molar-refractivity contribution in [2.24, 2.45) is 5.41 Å². The Labute approximate surface area is 125 Å². The molecular formula is C15H25N3O3. The van der Waals surface area contributed by atoms with Crippen LogP contribution in [0.5, 0.6) is 0 Å². The van der Waals surface area contributed by atoms with Crippen LogP contribution in [-0.4, -0.2) is 31.4 Å². The molecule has 118 valence electrons. The molecule has 1 aromatic heterocycles. The molecule has 0 unspecified atom stereocenters. The molecule has 0 saturated heterocycles. The first kappa shape index (κ1) is 15.8. The summed E-state index contributed by atoms with van der Waals surface area (Å²) in [5, 5.41) is 9.48. The minimum absolute atomic E-state index is 0.209. The van der Waals surface area contributed by atoms with E-state index in [0.717, 1.165) is 31.6 Å². The number of hydrogen-bond donors (Lipinski definition) is 2. The third-order valence-electron chi connectivity index (χ3n) is 4.21. The van der Waals surface area contributed by atoms with Crippen LogP contribution in [-0.2, 0) is 4.74 Å². The SMILES string of the molecule is COCCC1(CNC(=O)Nc2cc(C(C)C)on2)CCC1. The van der Waals surface area contributed by atoms with E-state index in [2.05, 4.69) is 15.8 Å². The van der Waals surface area contributed by atoms with Gasteiger partial charge < -0.3 is 14.6 Å². The summed E-state index contributed by atoms with van der Waals surface area (Å²) >= 11 is 0. The third-order valence-corrected chi connectivity index (χ3v) is 4.21. The molecule has 2 amide bonds. The summed E-state index contributed by atoms with van der Waals surface area (Å²) in [4.78, 5) is 11.9. The Kier molecular flexibility index (Phi) is 5.22. The Morgan fingerprint density at radius 1 is 1.52 bits per heavy atom. The maximum absolute atomic E-state index is 11.9. The number of carbonyl (C=O) groups is 1.